The van der Waals surface area contributed by atoms with E-state index in [1.54, 1.807) is 0 Å². The molecule has 0 aromatic heterocycles. The van der Waals surface area contributed by atoms with Gasteiger partial charge in [-0.2, -0.15) is 0 Å². The van der Waals surface area contributed by atoms with Crippen molar-refractivity contribution in [3.8, 4) is 0 Å². The van der Waals surface area contributed by atoms with Crippen LogP contribution in [0.1, 0.15) is 40.0 Å². The molecule has 76 valence electrons. The Morgan fingerprint density at radius 1 is 1.08 bits per heavy atom. The summed E-state index contributed by atoms with van der Waals surface area (Å²) in [6.07, 6.45) is 12.0. The fourth-order valence-corrected chi connectivity index (χ4v) is 1.09. The average Bonchev–Trinajstić information content (AvgIpc) is 2.17. The van der Waals surface area contributed by atoms with Crippen LogP contribution in [0.15, 0.2) is 24.3 Å². The lowest BCUT2D eigenvalue weighted by atomic mass is 10.1. The first-order valence-corrected chi connectivity index (χ1v) is 5.19. The van der Waals surface area contributed by atoms with E-state index >= 15 is 0 Å². The molecule has 1 heteroatoms. The minimum atomic E-state index is 0.368. The summed E-state index contributed by atoms with van der Waals surface area (Å²) >= 11 is 0. The Hall–Kier alpha value is -0.560. The third-order valence-electron chi connectivity index (χ3n) is 1.83. The molecular weight excluding hydrogens is 160 g/mol. The molecule has 0 spiro atoms. The van der Waals surface area contributed by atoms with Crippen molar-refractivity contribution in [1.82, 2.24) is 0 Å². The van der Waals surface area contributed by atoms with Crippen molar-refractivity contribution >= 4 is 0 Å². The monoisotopic (exact) mass is 182 g/mol. The molecule has 0 bridgehead atoms. The molecule has 0 rings (SSSR count). The van der Waals surface area contributed by atoms with Crippen LogP contribution in [0.4, 0.5) is 0 Å². The van der Waals surface area contributed by atoms with Crippen molar-refractivity contribution in [2.24, 2.45) is 0 Å². The topological polar surface area (TPSA) is 9.23 Å². The van der Waals surface area contributed by atoms with Crippen molar-refractivity contribution in [2.45, 2.75) is 46.1 Å². The predicted octanol–water partition coefficient (Wildman–Crippen LogP) is 3.71. The van der Waals surface area contributed by atoms with Crippen LogP contribution in [0.25, 0.3) is 0 Å². The predicted molar refractivity (Wildman–Crippen MR) is 58.9 cm³/mol. The van der Waals surface area contributed by atoms with E-state index in [9.17, 15) is 0 Å². The smallest absolute Gasteiger partial charge is 0.0643 e. The van der Waals surface area contributed by atoms with Crippen LogP contribution in [-0.4, -0.2) is 12.7 Å². The molecule has 0 saturated heterocycles. The Labute approximate surface area is 82.5 Å². The van der Waals surface area contributed by atoms with Crippen molar-refractivity contribution in [3.05, 3.63) is 24.3 Å². The van der Waals surface area contributed by atoms with Gasteiger partial charge in [-0.15, -0.1) is 0 Å². The van der Waals surface area contributed by atoms with Gasteiger partial charge in [0.1, 0.15) is 0 Å². The van der Waals surface area contributed by atoms with Crippen LogP contribution < -0.4 is 0 Å². The van der Waals surface area contributed by atoms with Gasteiger partial charge in [0.25, 0.3) is 0 Å². The second-order valence-corrected chi connectivity index (χ2v) is 3.10. The van der Waals surface area contributed by atoms with Crippen LogP contribution in [0.2, 0.25) is 0 Å². The molecule has 0 radical (unpaired) electrons. The van der Waals surface area contributed by atoms with Gasteiger partial charge in [0.05, 0.1) is 6.10 Å². The van der Waals surface area contributed by atoms with Crippen LogP contribution in [0, 0.1) is 0 Å². The molecule has 0 aromatic rings. The molecule has 0 aromatic carbocycles. The number of hydrogen-bond acceptors (Lipinski definition) is 1. The first-order valence-electron chi connectivity index (χ1n) is 5.19. The first-order chi connectivity index (χ1) is 6.35. The first kappa shape index (κ1) is 12.4. The molecule has 0 aliphatic carbocycles. The Morgan fingerprint density at radius 2 is 1.62 bits per heavy atom. The van der Waals surface area contributed by atoms with Gasteiger partial charge in [-0.25, -0.2) is 0 Å². The molecule has 0 fully saturated rings. The third kappa shape index (κ3) is 7.79. The molecular formula is C12H22O. The summed E-state index contributed by atoms with van der Waals surface area (Å²) in [5.41, 5.74) is 0. The van der Waals surface area contributed by atoms with Gasteiger partial charge in [-0.3, -0.25) is 0 Å². The third-order valence-corrected chi connectivity index (χ3v) is 1.83. The van der Waals surface area contributed by atoms with Crippen LogP contribution >= 0.6 is 0 Å². The average molecular weight is 182 g/mol. The quantitative estimate of drug-likeness (QED) is 0.545. The summed E-state index contributed by atoms with van der Waals surface area (Å²) in [5.74, 6) is 0. The molecule has 0 aliphatic rings. The molecule has 0 saturated carbocycles. The van der Waals surface area contributed by atoms with Crippen molar-refractivity contribution in [1.29, 1.82) is 0 Å². The molecule has 0 unspecified atom stereocenters. The minimum absolute atomic E-state index is 0.368. The Bertz CT molecular complexity index is 133. The summed E-state index contributed by atoms with van der Waals surface area (Å²) in [4.78, 5) is 0. The summed E-state index contributed by atoms with van der Waals surface area (Å²) in [6.45, 7) is 7.11. The fraction of sp³-hybridized carbons (Fsp3) is 0.667. The SMILES string of the molecule is CC=CCC(CC=CC)OCCC. The van der Waals surface area contributed by atoms with E-state index in [1.807, 2.05) is 13.8 Å². The Balaban J connectivity index is 3.72. The highest BCUT2D eigenvalue weighted by atomic mass is 16.5. The van der Waals surface area contributed by atoms with Crippen molar-refractivity contribution in [2.75, 3.05) is 6.61 Å². The highest BCUT2D eigenvalue weighted by Gasteiger charge is 2.03. The highest BCUT2D eigenvalue weighted by molar-refractivity contribution is 4.86. The zero-order valence-electron chi connectivity index (χ0n) is 9.12. The van der Waals surface area contributed by atoms with Crippen molar-refractivity contribution in [3.63, 3.8) is 0 Å². The van der Waals surface area contributed by atoms with Crippen LogP contribution in [0.3, 0.4) is 0 Å². The number of allylic oxidation sites excluding steroid dienone is 2. The highest BCUT2D eigenvalue weighted by Crippen LogP contribution is 2.06. The largest absolute Gasteiger partial charge is 0.378 e. The fourth-order valence-electron chi connectivity index (χ4n) is 1.09. The van der Waals surface area contributed by atoms with E-state index in [-0.39, 0.29) is 0 Å². The van der Waals surface area contributed by atoms with Crippen LogP contribution in [0.5, 0.6) is 0 Å². The lowest BCUT2D eigenvalue weighted by molar-refractivity contribution is 0.0578. The number of hydrogen-bond donors (Lipinski definition) is 0. The Morgan fingerprint density at radius 3 is 2.00 bits per heavy atom. The minimum Gasteiger partial charge on any atom is -0.378 e. The summed E-state index contributed by atoms with van der Waals surface area (Å²) in [6, 6.07) is 0. The lowest BCUT2D eigenvalue weighted by Crippen LogP contribution is -2.11. The van der Waals surface area contributed by atoms with Gasteiger partial charge in [0.2, 0.25) is 0 Å². The number of rotatable bonds is 7. The van der Waals surface area contributed by atoms with Gasteiger partial charge < -0.3 is 4.74 Å². The lowest BCUT2D eigenvalue weighted by Gasteiger charge is -2.13. The normalized spacial score (nSPS) is 14.4. The zero-order valence-corrected chi connectivity index (χ0v) is 9.12. The van der Waals surface area contributed by atoms with Gasteiger partial charge in [-0.05, 0) is 33.1 Å². The van der Waals surface area contributed by atoms with E-state index < -0.39 is 0 Å². The van der Waals surface area contributed by atoms with Gasteiger partial charge >= 0.3 is 0 Å². The summed E-state index contributed by atoms with van der Waals surface area (Å²) < 4.78 is 5.69. The molecule has 0 atom stereocenters. The molecule has 1 nitrogen and oxygen atoms in total. The molecule has 0 aliphatic heterocycles. The molecule has 0 heterocycles. The van der Waals surface area contributed by atoms with Gasteiger partial charge in [0, 0.05) is 6.61 Å². The van der Waals surface area contributed by atoms with E-state index in [1.165, 1.54) is 0 Å². The molecule has 0 N–H and O–H groups in total. The maximum atomic E-state index is 5.69. The van der Waals surface area contributed by atoms with Crippen LogP contribution in [-0.2, 0) is 4.74 Å². The standard InChI is InChI=1S/C12H22O/c1-4-7-9-12(10-8-5-2)13-11-6-3/h4-5,7-8,12H,6,9-11H2,1-3H3. The van der Waals surface area contributed by atoms with Crippen molar-refractivity contribution < 1.29 is 4.74 Å². The zero-order chi connectivity index (χ0) is 9.94. The summed E-state index contributed by atoms with van der Waals surface area (Å²) in [7, 11) is 0. The second-order valence-electron chi connectivity index (χ2n) is 3.10. The maximum Gasteiger partial charge on any atom is 0.0643 e. The maximum absolute atomic E-state index is 5.69. The Kier molecular flexibility index (Phi) is 9.12. The van der Waals surface area contributed by atoms with Gasteiger partial charge in [0.15, 0.2) is 0 Å². The number of ether oxygens (including phenoxy) is 1. The van der Waals surface area contributed by atoms with E-state index in [4.69, 9.17) is 4.74 Å². The molecule has 13 heavy (non-hydrogen) atoms. The second kappa shape index (κ2) is 9.53. The van der Waals surface area contributed by atoms with E-state index in [0.29, 0.717) is 6.10 Å². The summed E-state index contributed by atoms with van der Waals surface area (Å²) in [5, 5.41) is 0. The molecule has 0 amide bonds. The van der Waals surface area contributed by atoms with E-state index in [2.05, 4.69) is 31.2 Å². The van der Waals surface area contributed by atoms with Gasteiger partial charge in [-0.1, -0.05) is 31.2 Å². The van der Waals surface area contributed by atoms with E-state index in [0.717, 1.165) is 25.9 Å².